The van der Waals surface area contributed by atoms with Gasteiger partial charge in [0.25, 0.3) is 0 Å². The molecule has 0 saturated carbocycles. The van der Waals surface area contributed by atoms with Crippen LogP contribution in [0.3, 0.4) is 0 Å². The lowest BCUT2D eigenvalue weighted by atomic mass is 9.96. The van der Waals surface area contributed by atoms with Gasteiger partial charge in [-0.05, 0) is 35.7 Å². The number of aromatic hydroxyl groups is 1. The van der Waals surface area contributed by atoms with E-state index < -0.39 is 5.97 Å². The number of benzene rings is 2. The zero-order valence-electron chi connectivity index (χ0n) is 10.1. The van der Waals surface area contributed by atoms with E-state index in [9.17, 15) is 9.90 Å². The topological polar surface area (TPSA) is 57.5 Å². The largest absolute Gasteiger partial charge is 0.507 e. The van der Waals surface area contributed by atoms with Crippen molar-refractivity contribution in [1.82, 2.24) is 0 Å². The van der Waals surface area contributed by atoms with Crippen molar-refractivity contribution in [3.63, 3.8) is 0 Å². The van der Waals surface area contributed by atoms with E-state index in [-0.39, 0.29) is 11.3 Å². The van der Waals surface area contributed by atoms with Gasteiger partial charge < -0.3 is 10.2 Å². The Morgan fingerprint density at radius 1 is 1.11 bits per heavy atom. The molecule has 0 radical (unpaired) electrons. The molecule has 0 aliphatic heterocycles. The van der Waals surface area contributed by atoms with Gasteiger partial charge in [0.05, 0.1) is 5.56 Å². The minimum absolute atomic E-state index is 0.0981. The summed E-state index contributed by atoms with van der Waals surface area (Å²) in [5, 5.41) is 18.9. The van der Waals surface area contributed by atoms with Crippen LogP contribution < -0.4 is 0 Å². The summed E-state index contributed by atoms with van der Waals surface area (Å²) in [6.07, 6.45) is 0.826. The number of carboxylic acid groups (broad SMARTS) is 1. The smallest absolute Gasteiger partial charge is 0.335 e. The standard InChI is InChI=1S/C15H14O3/c1-2-10-5-3-4-6-12(10)13-9-11(15(17)18)7-8-14(13)16/h3-9,16H,2H2,1H3,(H,17,18). The number of rotatable bonds is 3. The molecule has 0 aliphatic carbocycles. The lowest BCUT2D eigenvalue weighted by Crippen LogP contribution is -1.97. The van der Waals surface area contributed by atoms with Gasteiger partial charge in [-0.3, -0.25) is 0 Å². The third-order valence-electron chi connectivity index (χ3n) is 2.93. The minimum atomic E-state index is -0.995. The lowest BCUT2D eigenvalue weighted by molar-refractivity contribution is 0.0697. The molecule has 0 spiro atoms. The normalized spacial score (nSPS) is 10.3. The maximum Gasteiger partial charge on any atom is 0.335 e. The van der Waals surface area contributed by atoms with Gasteiger partial charge >= 0.3 is 5.97 Å². The Kier molecular flexibility index (Phi) is 3.33. The number of carbonyl (C=O) groups is 1. The second-order valence-corrected chi connectivity index (χ2v) is 4.05. The molecule has 0 aliphatic rings. The number of hydrogen-bond acceptors (Lipinski definition) is 2. The lowest BCUT2D eigenvalue weighted by Gasteiger charge is -2.10. The van der Waals surface area contributed by atoms with Crippen molar-refractivity contribution in [2.24, 2.45) is 0 Å². The first-order chi connectivity index (χ1) is 8.63. The molecular weight excluding hydrogens is 228 g/mol. The van der Waals surface area contributed by atoms with Crippen LogP contribution in [0.15, 0.2) is 42.5 Å². The molecule has 3 heteroatoms. The van der Waals surface area contributed by atoms with E-state index in [0.717, 1.165) is 17.5 Å². The van der Waals surface area contributed by atoms with E-state index in [1.54, 1.807) is 0 Å². The van der Waals surface area contributed by atoms with Gasteiger partial charge in [-0.1, -0.05) is 31.2 Å². The van der Waals surface area contributed by atoms with Gasteiger partial charge in [-0.2, -0.15) is 0 Å². The number of aryl methyl sites for hydroxylation is 1. The Labute approximate surface area is 105 Å². The first-order valence-corrected chi connectivity index (χ1v) is 5.78. The molecule has 0 heterocycles. The predicted octanol–water partition coefficient (Wildman–Crippen LogP) is 3.32. The summed E-state index contributed by atoms with van der Waals surface area (Å²) in [6, 6.07) is 12.0. The molecule has 18 heavy (non-hydrogen) atoms. The van der Waals surface area contributed by atoms with Crippen molar-refractivity contribution < 1.29 is 15.0 Å². The summed E-state index contributed by atoms with van der Waals surface area (Å²) in [4.78, 5) is 11.0. The number of carboxylic acids is 1. The maximum atomic E-state index is 11.0. The van der Waals surface area contributed by atoms with Crippen LogP contribution in [0.5, 0.6) is 5.75 Å². The van der Waals surface area contributed by atoms with Crippen LogP contribution in [0.1, 0.15) is 22.8 Å². The second kappa shape index (κ2) is 4.92. The first kappa shape index (κ1) is 12.2. The van der Waals surface area contributed by atoms with Gasteiger partial charge in [0.1, 0.15) is 5.75 Å². The van der Waals surface area contributed by atoms with E-state index in [0.29, 0.717) is 5.56 Å². The van der Waals surface area contributed by atoms with Gasteiger partial charge in [0.15, 0.2) is 0 Å². The zero-order valence-corrected chi connectivity index (χ0v) is 10.1. The van der Waals surface area contributed by atoms with Crippen LogP contribution in [0.25, 0.3) is 11.1 Å². The van der Waals surface area contributed by atoms with Crippen LogP contribution in [0.2, 0.25) is 0 Å². The average Bonchev–Trinajstić information content (AvgIpc) is 2.39. The highest BCUT2D eigenvalue weighted by Gasteiger charge is 2.11. The molecule has 2 N–H and O–H groups in total. The van der Waals surface area contributed by atoms with E-state index in [4.69, 9.17) is 5.11 Å². The molecule has 2 aromatic rings. The van der Waals surface area contributed by atoms with Crippen molar-refractivity contribution in [2.75, 3.05) is 0 Å². The summed E-state index contributed by atoms with van der Waals surface area (Å²) < 4.78 is 0. The third-order valence-corrected chi connectivity index (χ3v) is 2.93. The second-order valence-electron chi connectivity index (χ2n) is 4.05. The molecular formula is C15H14O3. The highest BCUT2D eigenvalue weighted by Crippen LogP contribution is 2.32. The van der Waals surface area contributed by atoms with E-state index >= 15 is 0 Å². The zero-order chi connectivity index (χ0) is 13.1. The molecule has 0 bridgehead atoms. The fourth-order valence-electron chi connectivity index (χ4n) is 1.98. The summed E-state index contributed by atoms with van der Waals surface area (Å²) in [7, 11) is 0. The number of phenolic OH excluding ortho intramolecular Hbond substituents is 1. The van der Waals surface area contributed by atoms with Crippen molar-refractivity contribution >= 4 is 5.97 Å². The Hall–Kier alpha value is -2.29. The monoisotopic (exact) mass is 242 g/mol. The summed E-state index contributed by atoms with van der Waals surface area (Å²) in [6.45, 7) is 2.02. The van der Waals surface area contributed by atoms with E-state index in [1.807, 2.05) is 31.2 Å². The Morgan fingerprint density at radius 3 is 2.50 bits per heavy atom. The van der Waals surface area contributed by atoms with Gasteiger partial charge in [0.2, 0.25) is 0 Å². The molecule has 0 amide bonds. The van der Waals surface area contributed by atoms with Crippen LogP contribution in [-0.2, 0) is 6.42 Å². The summed E-state index contributed by atoms with van der Waals surface area (Å²) >= 11 is 0. The molecule has 0 saturated heterocycles. The Morgan fingerprint density at radius 2 is 1.83 bits per heavy atom. The van der Waals surface area contributed by atoms with Gasteiger partial charge in [-0.25, -0.2) is 4.79 Å². The van der Waals surface area contributed by atoms with Crippen molar-refractivity contribution in [3.8, 4) is 16.9 Å². The molecule has 0 aromatic heterocycles. The first-order valence-electron chi connectivity index (χ1n) is 5.78. The molecule has 0 fully saturated rings. The number of phenols is 1. The summed E-state index contributed by atoms with van der Waals surface area (Å²) in [5.74, 6) is -0.897. The fraction of sp³-hybridized carbons (Fsp3) is 0.133. The average molecular weight is 242 g/mol. The molecule has 0 atom stereocenters. The van der Waals surface area contributed by atoms with Crippen LogP contribution in [0, 0.1) is 0 Å². The SMILES string of the molecule is CCc1ccccc1-c1cc(C(=O)O)ccc1O. The number of aromatic carboxylic acids is 1. The molecule has 2 rings (SSSR count). The number of hydrogen-bond donors (Lipinski definition) is 2. The van der Waals surface area contributed by atoms with Crippen LogP contribution >= 0.6 is 0 Å². The molecule has 2 aromatic carbocycles. The fourth-order valence-corrected chi connectivity index (χ4v) is 1.98. The molecule has 0 unspecified atom stereocenters. The maximum absolute atomic E-state index is 11.0. The van der Waals surface area contributed by atoms with Gasteiger partial charge in [-0.15, -0.1) is 0 Å². The van der Waals surface area contributed by atoms with E-state index in [1.165, 1.54) is 18.2 Å². The van der Waals surface area contributed by atoms with Gasteiger partial charge in [0, 0.05) is 5.56 Å². The van der Waals surface area contributed by atoms with Crippen molar-refractivity contribution in [1.29, 1.82) is 0 Å². The van der Waals surface area contributed by atoms with Crippen molar-refractivity contribution in [2.45, 2.75) is 13.3 Å². The highest BCUT2D eigenvalue weighted by atomic mass is 16.4. The predicted molar refractivity (Wildman–Crippen MR) is 69.9 cm³/mol. The Bertz CT molecular complexity index is 588. The Balaban J connectivity index is 2.62. The third kappa shape index (κ3) is 2.20. The molecule has 92 valence electrons. The van der Waals surface area contributed by atoms with Crippen LogP contribution in [0.4, 0.5) is 0 Å². The minimum Gasteiger partial charge on any atom is -0.507 e. The highest BCUT2D eigenvalue weighted by molar-refractivity contribution is 5.90. The summed E-state index contributed by atoms with van der Waals surface area (Å²) in [5.41, 5.74) is 2.69. The quantitative estimate of drug-likeness (QED) is 0.868. The van der Waals surface area contributed by atoms with E-state index in [2.05, 4.69) is 0 Å². The van der Waals surface area contributed by atoms with Crippen molar-refractivity contribution in [3.05, 3.63) is 53.6 Å². The van der Waals surface area contributed by atoms with Crippen LogP contribution in [-0.4, -0.2) is 16.2 Å². The molecule has 3 nitrogen and oxygen atoms in total.